The van der Waals surface area contributed by atoms with Crippen molar-refractivity contribution in [2.45, 2.75) is 63.8 Å². The van der Waals surface area contributed by atoms with Gasteiger partial charge >= 0.3 is 13.2 Å². The van der Waals surface area contributed by atoms with E-state index in [9.17, 15) is 9.90 Å². The lowest BCUT2D eigenvalue weighted by molar-refractivity contribution is 0.00578. The average molecular weight is 359 g/mol. The molecule has 2 bridgehead atoms. The van der Waals surface area contributed by atoms with Crippen molar-refractivity contribution in [3.63, 3.8) is 0 Å². The predicted octanol–water partition coefficient (Wildman–Crippen LogP) is 1.71. The van der Waals surface area contributed by atoms with Crippen LogP contribution in [0, 0.1) is 0 Å². The smallest absolute Gasteiger partial charge is 0.465 e. The molecule has 7 nitrogen and oxygen atoms in total. The van der Waals surface area contributed by atoms with E-state index < -0.39 is 13.2 Å². The highest BCUT2D eigenvalue weighted by atomic mass is 16.7. The molecule has 0 saturated carbocycles. The molecule has 2 atom stereocenters. The minimum atomic E-state index is -0.804. The Morgan fingerprint density at radius 1 is 1.15 bits per heavy atom. The number of rotatable bonds is 2. The number of anilines is 1. The van der Waals surface area contributed by atoms with Gasteiger partial charge in [-0.25, -0.2) is 9.78 Å². The first-order chi connectivity index (χ1) is 12.2. The number of carboxylic acid groups (broad SMARTS) is 1. The van der Waals surface area contributed by atoms with Crippen LogP contribution in [0.15, 0.2) is 18.3 Å². The summed E-state index contributed by atoms with van der Waals surface area (Å²) >= 11 is 0. The van der Waals surface area contributed by atoms with Gasteiger partial charge in [-0.3, -0.25) is 4.90 Å². The van der Waals surface area contributed by atoms with Crippen LogP contribution in [0.5, 0.6) is 0 Å². The summed E-state index contributed by atoms with van der Waals surface area (Å²) < 4.78 is 12.1. The third kappa shape index (κ3) is 2.75. The third-order valence-corrected chi connectivity index (χ3v) is 6.32. The summed E-state index contributed by atoms with van der Waals surface area (Å²) in [4.78, 5) is 19.8. The van der Waals surface area contributed by atoms with Crippen molar-refractivity contribution in [1.29, 1.82) is 0 Å². The fourth-order valence-electron chi connectivity index (χ4n) is 4.11. The van der Waals surface area contributed by atoms with Crippen molar-refractivity contribution in [3.05, 3.63) is 18.3 Å². The van der Waals surface area contributed by atoms with Gasteiger partial charge in [-0.2, -0.15) is 0 Å². The summed E-state index contributed by atoms with van der Waals surface area (Å²) in [5, 5.41) is 9.38. The molecule has 1 N–H and O–H groups in total. The van der Waals surface area contributed by atoms with Gasteiger partial charge in [-0.05, 0) is 46.6 Å². The van der Waals surface area contributed by atoms with Gasteiger partial charge in [0.1, 0.15) is 5.82 Å². The van der Waals surface area contributed by atoms with Crippen molar-refractivity contribution in [3.8, 4) is 0 Å². The molecular weight excluding hydrogens is 333 g/mol. The Balaban J connectivity index is 1.47. The number of piperazine rings is 1. The van der Waals surface area contributed by atoms with E-state index in [1.54, 1.807) is 4.90 Å². The van der Waals surface area contributed by atoms with E-state index in [1.807, 2.05) is 46.0 Å². The van der Waals surface area contributed by atoms with Crippen LogP contribution in [0.2, 0.25) is 0 Å². The van der Waals surface area contributed by atoms with Gasteiger partial charge in [0.25, 0.3) is 0 Å². The maximum absolute atomic E-state index is 11.4. The van der Waals surface area contributed by atoms with E-state index in [2.05, 4.69) is 9.88 Å². The molecular formula is C18H26BN3O4. The number of carbonyl (C=O) groups is 1. The summed E-state index contributed by atoms with van der Waals surface area (Å²) in [6.07, 6.45) is 2.86. The molecule has 0 aliphatic carbocycles. The molecule has 1 aromatic heterocycles. The number of hydrogen-bond acceptors (Lipinski definition) is 5. The second-order valence-corrected chi connectivity index (χ2v) is 8.52. The zero-order valence-electron chi connectivity index (χ0n) is 15.8. The standard InChI is InChI=1S/C18H26BN3O4/c1-17(2)18(3,4)26-19(25-17)12-5-8-15(20-9-12)21-10-13-6-7-14(11-21)22(13)16(23)24/h5,8-9,13-14H,6-7,10-11H2,1-4H3,(H,23,24). The van der Waals surface area contributed by atoms with Crippen LogP contribution in [-0.4, -0.2) is 64.6 Å². The monoisotopic (exact) mass is 359 g/mol. The maximum atomic E-state index is 11.4. The first kappa shape index (κ1) is 17.6. The summed E-state index contributed by atoms with van der Waals surface area (Å²) in [5.74, 6) is 0.882. The Labute approximate surface area is 154 Å². The first-order valence-corrected chi connectivity index (χ1v) is 9.26. The van der Waals surface area contributed by atoms with Crippen LogP contribution in [0.25, 0.3) is 0 Å². The van der Waals surface area contributed by atoms with E-state index >= 15 is 0 Å². The Hall–Kier alpha value is -1.80. The normalized spacial score (nSPS) is 29.3. The minimum absolute atomic E-state index is 0.0656. The molecule has 3 aliphatic heterocycles. The number of nitrogens with zero attached hydrogens (tertiary/aromatic N) is 3. The molecule has 8 heteroatoms. The topological polar surface area (TPSA) is 75.1 Å². The van der Waals surface area contributed by atoms with Crippen molar-refractivity contribution in [2.75, 3.05) is 18.0 Å². The van der Waals surface area contributed by atoms with E-state index in [1.165, 1.54) is 0 Å². The Kier molecular flexibility index (Phi) is 3.97. The van der Waals surface area contributed by atoms with Crippen LogP contribution in [0.3, 0.4) is 0 Å². The van der Waals surface area contributed by atoms with Gasteiger partial charge in [0.05, 0.1) is 23.3 Å². The molecule has 1 aromatic rings. The molecule has 0 radical (unpaired) electrons. The van der Waals surface area contributed by atoms with E-state index in [0.717, 1.165) is 24.1 Å². The molecule has 2 unspecified atom stereocenters. The molecule has 26 heavy (non-hydrogen) atoms. The molecule has 0 spiro atoms. The third-order valence-electron chi connectivity index (χ3n) is 6.32. The molecule has 4 rings (SSSR count). The minimum Gasteiger partial charge on any atom is -0.465 e. The number of pyridine rings is 1. The number of fused-ring (bicyclic) bond motifs is 2. The molecule has 0 aromatic carbocycles. The van der Waals surface area contributed by atoms with Crippen molar-refractivity contribution >= 4 is 24.5 Å². The van der Waals surface area contributed by atoms with E-state index in [4.69, 9.17) is 9.31 Å². The second-order valence-electron chi connectivity index (χ2n) is 8.52. The summed E-state index contributed by atoms with van der Waals surface area (Å²) in [6.45, 7) is 9.54. The van der Waals surface area contributed by atoms with Gasteiger partial charge in [-0.1, -0.05) is 6.07 Å². The van der Waals surface area contributed by atoms with Gasteiger partial charge in [0.15, 0.2) is 0 Å². The van der Waals surface area contributed by atoms with Crippen LogP contribution in [-0.2, 0) is 9.31 Å². The molecule has 3 fully saturated rings. The van der Waals surface area contributed by atoms with E-state index in [-0.39, 0.29) is 23.3 Å². The summed E-state index contributed by atoms with van der Waals surface area (Å²) in [6, 6.07) is 4.11. The first-order valence-electron chi connectivity index (χ1n) is 9.26. The highest BCUT2D eigenvalue weighted by molar-refractivity contribution is 6.62. The Morgan fingerprint density at radius 2 is 1.73 bits per heavy atom. The maximum Gasteiger partial charge on any atom is 0.496 e. The SMILES string of the molecule is CC1(C)OB(c2ccc(N3CC4CCC(C3)N4C(=O)O)nc2)OC1(C)C. The Bertz CT molecular complexity index is 679. The molecule has 3 saturated heterocycles. The highest BCUT2D eigenvalue weighted by Crippen LogP contribution is 2.36. The van der Waals surface area contributed by atoms with Crippen LogP contribution in [0.4, 0.5) is 10.6 Å². The molecule has 140 valence electrons. The quantitative estimate of drug-likeness (QED) is 0.811. The van der Waals surface area contributed by atoms with Gasteiger partial charge in [-0.15, -0.1) is 0 Å². The van der Waals surface area contributed by atoms with Crippen molar-refractivity contribution < 1.29 is 19.2 Å². The number of hydrogen-bond donors (Lipinski definition) is 1. The molecule has 3 aliphatic rings. The zero-order valence-corrected chi connectivity index (χ0v) is 15.8. The van der Waals surface area contributed by atoms with Gasteiger partial charge in [0, 0.05) is 24.7 Å². The Morgan fingerprint density at radius 3 is 2.19 bits per heavy atom. The second kappa shape index (κ2) is 5.86. The van der Waals surface area contributed by atoms with E-state index in [0.29, 0.717) is 13.1 Å². The fourth-order valence-corrected chi connectivity index (χ4v) is 4.11. The molecule has 4 heterocycles. The summed E-state index contributed by atoms with van der Waals surface area (Å²) in [5.41, 5.74) is 0.158. The lowest BCUT2D eigenvalue weighted by atomic mass is 9.80. The molecule has 1 amide bonds. The van der Waals surface area contributed by atoms with Crippen LogP contribution in [0.1, 0.15) is 40.5 Å². The van der Waals surface area contributed by atoms with Gasteiger partial charge < -0.3 is 19.3 Å². The lowest BCUT2D eigenvalue weighted by Gasteiger charge is -2.40. The number of aromatic nitrogens is 1. The van der Waals surface area contributed by atoms with Crippen molar-refractivity contribution in [1.82, 2.24) is 9.88 Å². The average Bonchev–Trinajstić information content (AvgIpc) is 2.96. The number of amides is 1. The van der Waals surface area contributed by atoms with Crippen molar-refractivity contribution in [2.24, 2.45) is 0 Å². The van der Waals surface area contributed by atoms with Crippen LogP contribution < -0.4 is 10.4 Å². The summed E-state index contributed by atoms with van der Waals surface area (Å²) in [7, 11) is -0.415. The highest BCUT2D eigenvalue weighted by Gasteiger charge is 2.52. The largest absolute Gasteiger partial charge is 0.496 e. The zero-order chi connectivity index (χ0) is 18.7. The fraction of sp³-hybridized carbons (Fsp3) is 0.667. The van der Waals surface area contributed by atoms with Gasteiger partial charge in [0.2, 0.25) is 0 Å². The lowest BCUT2D eigenvalue weighted by Crippen LogP contribution is -2.55. The predicted molar refractivity (Wildman–Crippen MR) is 98.8 cm³/mol. The van der Waals surface area contributed by atoms with Crippen LogP contribution >= 0.6 is 0 Å².